The number of hydrogen-bond acceptors (Lipinski definition) is 6. The maximum Gasteiger partial charge on any atom is 0.232 e. The van der Waals surface area contributed by atoms with Crippen LogP contribution in [-0.2, 0) is 15.6 Å². The third-order valence-corrected chi connectivity index (χ3v) is 6.01. The molecule has 0 N–H and O–H groups in total. The van der Waals surface area contributed by atoms with Crippen LogP contribution in [-0.4, -0.2) is 18.6 Å². The zero-order valence-corrected chi connectivity index (χ0v) is 14.0. The van der Waals surface area contributed by atoms with Crippen molar-refractivity contribution in [2.45, 2.75) is 17.0 Å². The highest BCUT2D eigenvalue weighted by atomic mass is 32.2. The summed E-state index contributed by atoms with van der Waals surface area (Å²) in [6, 6.07) is 16.3. The van der Waals surface area contributed by atoms with Crippen LogP contribution in [0.1, 0.15) is 10.6 Å². The lowest BCUT2D eigenvalue weighted by atomic mass is 10.2. The lowest BCUT2D eigenvalue weighted by Crippen LogP contribution is -2.06. The summed E-state index contributed by atoms with van der Waals surface area (Å²) in [4.78, 5) is 0. The lowest BCUT2D eigenvalue weighted by Gasteiger charge is -2.10. The third-order valence-electron chi connectivity index (χ3n) is 3.06. The van der Waals surface area contributed by atoms with Gasteiger partial charge in [-0.1, -0.05) is 47.7 Å². The average Bonchev–Trinajstić information content (AvgIpc) is 2.98. The number of benzene rings is 2. The molecule has 0 radical (unpaired) electrons. The van der Waals surface area contributed by atoms with E-state index in [-0.39, 0.29) is 10.1 Å². The predicted octanol–water partition coefficient (Wildman–Crippen LogP) is 3.61. The number of aryl methyl sites for hydroxylation is 1. The van der Waals surface area contributed by atoms with Gasteiger partial charge >= 0.3 is 0 Å². The zero-order valence-electron chi connectivity index (χ0n) is 12.3. The van der Waals surface area contributed by atoms with Crippen molar-refractivity contribution >= 4 is 21.2 Å². The minimum atomic E-state index is -3.54. The van der Waals surface area contributed by atoms with E-state index in [0.717, 1.165) is 11.3 Å². The second kappa shape index (κ2) is 6.47. The molecular weight excluding hydrogens is 332 g/mol. The van der Waals surface area contributed by atoms with Crippen molar-refractivity contribution in [2.24, 2.45) is 0 Å². The quantitative estimate of drug-likeness (QED) is 0.706. The van der Waals surface area contributed by atoms with Crippen LogP contribution in [0.2, 0.25) is 0 Å². The first-order chi connectivity index (χ1) is 11.0. The Kier molecular flexibility index (Phi) is 4.40. The fourth-order valence-corrected chi connectivity index (χ4v) is 4.41. The van der Waals surface area contributed by atoms with Crippen LogP contribution in [0.3, 0.4) is 0 Å². The molecule has 0 saturated heterocycles. The van der Waals surface area contributed by atoms with E-state index in [0.29, 0.717) is 22.1 Å². The third kappa shape index (κ3) is 3.75. The Morgan fingerprint density at radius 1 is 1.00 bits per heavy atom. The molecule has 0 unspecified atom stereocenters. The van der Waals surface area contributed by atoms with E-state index in [1.54, 1.807) is 25.1 Å². The number of sulfone groups is 1. The van der Waals surface area contributed by atoms with Crippen LogP contribution in [0.15, 0.2) is 58.9 Å². The van der Waals surface area contributed by atoms with Crippen LogP contribution < -0.4 is 4.74 Å². The Labute approximate surface area is 138 Å². The Morgan fingerprint density at radius 3 is 2.39 bits per heavy atom. The SMILES string of the molecule is Cc1nnc(S(=O)(=O)Cc2ccccc2Oc2ccccc2)s1. The number of hydrogen-bond donors (Lipinski definition) is 0. The van der Waals surface area contributed by atoms with Gasteiger partial charge in [-0.05, 0) is 25.1 Å². The predicted molar refractivity (Wildman–Crippen MR) is 88.5 cm³/mol. The van der Waals surface area contributed by atoms with Crippen molar-refractivity contribution in [2.75, 3.05) is 0 Å². The molecule has 0 aliphatic heterocycles. The summed E-state index contributed by atoms with van der Waals surface area (Å²) in [5.74, 6) is 0.998. The summed E-state index contributed by atoms with van der Waals surface area (Å²) in [5.41, 5.74) is 0.587. The van der Waals surface area contributed by atoms with Crippen LogP contribution in [0.4, 0.5) is 0 Å². The molecule has 1 heterocycles. The fourth-order valence-electron chi connectivity index (χ4n) is 2.01. The van der Waals surface area contributed by atoms with Crippen LogP contribution in [0.5, 0.6) is 11.5 Å². The van der Waals surface area contributed by atoms with Gasteiger partial charge in [-0.2, -0.15) is 0 Å². The molecule has 0 aliphatic carbocycles. The molecular formula is C16H14N2O3S2. The zero-order chi connectivity index (χ0) is 16.3. The van der Waals surface area contributed by atoms with E-state index in [1.807, 2.05) is 36.4 Å². The summed E-state index contributed by atoms with van der Waals surface area (Å²) in [6.07, 6.45) is 0. The van der Waals surface area contributed by atoms with E-state index in [1.165, 1.54) is 0 Å². The van der Waals surface area contributed by atoms with Gasteiger partial charge in [0.15, 0.2) is 0 Å². The van der Waals surface area contributed by atoms with Crippen LogP contribution in [0, 0.1) is 6.92 Å². The molecule has 3 rings (SSSR count). The highest BCUT2D eigenvalue weighted by Gasteiger charge is 2.22. The molecule has 0 fully saturated rings. The minimum absolute atomic E-state index is 0.0320. The summed E-state index contributed by atoms with van der Waals surface area (Å²) in [7, 11) is -3.54. The molecule has 7 heteroatoms. The van der Waals surface area contributed by atoms with E-state index in [2.05, 4.69) is 10.2 Å². The standard InChI is InChI=1S/C16H14N2O3S2/c1-12-17-18-16(22-12)23(19,20)11-13-7-5-6-10-15(13)21-14-8-3-2-4-9-14/h2-10H,11H2,1H3. The summed E-state index contributed by atoms with van der Waals surface area (Å²) in [6.45, 7) is 1.73. The Balaban J connectivity index is 1.89. The van der Waals surface area contributed by atoms with Crippen LogP contribution >= 0.6 is 11.3 Å². The van der Waals surface area contributed by atoms with Crippen molar-refractivity contribution in [1.29, 1.82) is 0 Å². The number of ether oxygens (including phenoxy) is 1. The number of nitrogens with zero attached hydrogens (tertiary/aromatic N) is 2. The number of para-hydroxylation sites is 2. The van der Waals surface area contributed by atoms with Crippen molar-refractivity contribution in [1.82, 2.24) is 10.2 Å². The van der Waals surface area contributed by atoms with E-state index < -0.39 is 9.84 Å². The number of rotatable bonds is 5. The first-order valence-corrected chi connectivity index (χ1v) is 9.35. The van der Waals surface area contributed by atoms with Gasteiger partial charge in [0, 0.05) is 5.56 Å². The maximum absolute atomic E-state index is 12.5. The summed E-state index contributed by atoms with van der Waals surface area (Å²) in [5, 5.41) is 8.13. The minimum Gasteiger partial charge on any atom is -0.457 e. The molecule has 0 spiro atoms. The monoisotopic (exact) mass is 346 g/mol. The first kappa shape index (κ1) is 15.6. The lowest BCUT2D eigenvalue weighted by molar-refractivity contribution is 0.477. The van der Waals surface area contributed by atoms with E-state index in [9.17, 15) is 8.42 Å². The Hall–Kier alpha value is -2.25. The fraction of sp³-hybridized carbons (Fsp3) is 0.125. The molecule has 23 heavy (non-hydrogen) atoms. The highest BCUT2D eigenvalue weighted by Crippen LogP contribution is 2.28. The van der Waals surface area contributed by atoms with Crippen LogP contribution in [0.25, 0.3) is 0 Å². The molecule has 0 amide bonds. The van der Waals surface area contributed by atoms with E-state index in [4.69, 9.17) is 4.74 Å². The van der Waals surface area contributed by atoms with Crippen molar-refractivity contribution in [3.8, 4) is 11.5 Å². The van der Waals surface area contributed by atoms with E-state index >= 15 is 0 Å². The summed E-state index contributed by atoms with van der Waals surface area (Å²) < 4.78 is 30.8. The van der Waals surface area contributed by atoms with Crippen molar-refractivity contribution in [3.05, 3.63) is 65.2 Å². The van der Waals surface area contributed by atoms with Crippen molar-refractivity contribution < 1.29 is 13.2 Å². The molecule has 118 valence electrons. The maximum atomic E-state index is 12.5. The molecule has 3 aromatic rings. The molecule has 0 atom stereocenters. The van der Waals surface area contributed by atoms with Gasteiger partial charge in [0.2, 0.25) is 14.2 Å². The topological polar surface area (TPSA) is 69.2 Å². The molecule has 2 aromatic carbocycles. The second-order valence-corrected chi connectivity index (χ2v) is 8.21. The molecule has 1 aromatic heterocycles. The average molecular weight is 346 g/mol. The van der Waals surface area contributed by atoms with Gasteiger partial charge in [0.25, 0.3) is 0 Å². The molecule has 0 bridgehead atoms. The largest absolute Gasteiger partial charge is 0.457 e. The molecule has 0 aliphatic rings. The smallest absolute Gasteiger partial charge is 0.232 e. The van der Waals surface area contributed by atoms with Gasteiger partial charge in [-0.25, -0.2) is 8.42 Å². The highest BCUT2D eigenvalue weighted by molar-refractivity contribution is 7.92. The molecule has 0 saturated carbocycles. The number of aromatic nitrogens is 2. The van der Waals surface area contributed by atoms with Gasteiger partial charge in [0.1, 0.15) is 16.5 Å². The summed E-state index contributed by atoms with van der Waals surface area (Å²) >= 11 is 1.07. The second-order valence-electron chi connectivity index (χ2n) is 4.87. The van der Waals surface area contributed by atoms with Gasteiger partial charge in [-0.15, -0.1) is 10.2 Å². The molecule has 5 nitrogen and oxygen atoms in total. The Bertz CT molecular complexity index is 906. The van der Waals surface area contributed by atoms with Gasteiger partial charge in [0.05, 0.1) is 5.75 Å². The van der Waals surface area contributed by atoms with Gasteiger partial charge in [-0.3, -0.25) is 0 Å². The first-order valence-electron chi connectivity index (χ1n) is 6.88. The Morgan fingerprint density at radius 2 is 1.70 bits per heavy atom. The normalized spacial score (nSPS) is 11.3. The van der Waals surface area contributed by atoms with Crippen molar-refractivity contribution in [3.63, 3.8) is 0 Å². The van der Waals surface area contributed by atoms with Gasteiger partial charge < -0.3 is 4.74 Å².